The van der Waals surface area contributed by atoms with Crippen LogP contribution in [0.3, 0.4) is 0 Å². The van der Waals surface area contributed by atoms with Crippen LogP contribution in [0.25, 0.3) is 16.6 Å². The van der Waals surface area contributed by atoms with Gasteiger partial charge in [-0.3, -0.25) is 19.2 Å². The van der Waals surface area contributed by atoms with E-state index in [1.807, 2.05) is 30.3 Å². The predicted octanol–water partition coefficient (Wildman–Crippen LogP) is 1.06. The highest BCUT2D eigenvalue weighted by atomic mass is 16.6. The van der Waals surface area contributed by atoms with Crippen LogP contribution in [0, 0.1) is 11.8 Å². The number of hydrogen-bond acceptors (Lipinski definition) is 8. The first-order chi connectivity index (χ1) is 18.3. The first-order valence-corrected chi connectivity index (χ1v) is 12.6. The third-order valence-electron chi connectivity index (χ3n) is 7.32. The molecule has 5 rings (SSSR count). The highest BCUT2D eigenvalue weighted by Crippen LogP contribution is 2.47. The summed E-state index contributed by atoms with van der Waals surface area (Å²) in [4.78, 5) is 69.2. The SMILES string of the molecule is CCC(=O)NCC(=O)NCC(=O)O[C@]1(CC)C(=O)OCC2C(=O)N3Cc4cc5ccccc5nc4C3=CC21. The number of benzene rings is 1. The number of carbonyl (C=O) groups is 5. The van der Waals surface area contributed by atoms with Crippen LogP contribution in [0.15, 0.2) is 36.4 Å². The van der Waals surface area contributed by atoms with Crippen LogP contribution in [0.4, 0.5) is 0 Å². The van der Waals surface area contributed by atoms with Gasteiger partial charge in [0.25, 0.3) is 0 Å². The molecule has 2 N–H and O–H groups in total. The van der Waals surface area contributed by atoms with E-state index in [1.54, 1.807) is 24.8 Å². The zero-order chi connectivity index (χ0) is 27.0. The zero-order valence-electron chi connectivity index (χ0n) is 21.1. The quantitative estimate of drug-likeness (QED) is 0.516. The predicted molar refractivity (Wildman–Crippen MR) is 134 cm³/mol. The van der Waals surface area contributed by atoms with Crippen molar-refractivity contribution < 1.29 is 33.4 Å². The van der Waals surface area contributed by atoms with E-state index in [2.05, 4.69) is 10.6 Å². The lowest BCUT2D eigenvalue weighted by Gasteiger charge is -2.46. The van der Waals surface area contributed by atoms with Gasteiger partial charge in [-0.15, -0.1) is 0 Å². The number of para-hydroxylation sites is 1. The molecule has 1 aromatic heterocycles. The lowest BCUT2D eigenvalue weighted by atomic mass is 9.72. The first kappa shape index (κ1) is 25.4. The second-order valence-electron chi connectivity index (χ2n) is 9.52. The van der Waals surface area contributed by atoms with Crippen LogP contribution < -0.4 is 10.6 Å². The minimum absolute atomic E-state index is 0.0638. The Morgan fingerprint density at radius 3 is 2.66 bits per heavy atom. The molecule has 0 saturated carbocycles. The lowest BCUT2D eigenvalue weighted by molar-refractivity contribution is -0.204. The second kappa shape index (κ2) is 9.88. The van der Waals surface area contributed by atoms with Crippen molar-refractivity contribution in [2.45, 2.75) is 38.8 Å². The molecule has 1 saturated heterocycles. The number of aromatic nitrogens is 1. The van der Waals surface area contributed by atoms with Crippen LogP contribution in [0.2, 0.25) is 0 Å². The van der Waals surface area contributed by atoms with Gasteiger partial charge >= 0.3 is 11.9 Å². The minimum Gasteiger partial charge on any atom is -0.462 e. The Labute approximate surface area is 218 Å². The molecule has 3 aliphatic heterocycles. The summed E-state index contributed by atoms with van der Waals surface area (Å²) >= 11 is 0. The van der Waals surface area contributed by atoms with E-state index in [0.29, 0.717) is 17.9 Å². The summed E-state index contributed by atoms with van der Waals surface area (Å²) in [5.41, 5.74) is 1.18. The summed E-state index contributed by atoms with van der Waals surface area (Å²) in [5, 5.41) is 5.75. The van der Waals surface area contributed by atoms with Crippen LogP contribution in [-0.4, -0.2) is 64.8 Å². The Hall–Kier alpha value is -4.28. The number of hydrogen-bond donors (Lipinski definition) is 2. The third-order valence-corrected chi connectivity index (χ3v) is 7.32. The number of cyclic esters (lactones) is 1. The Balaban J connectivity index is 1.41. The Morgan fingerprint density at radius 1 is 1.13 bits per heavy atom. The van der Waals surface area contributed by atoms with Gasteiger partial charge in [0.2, 0.25) is 23.3 Å². The summed E-state index contributed by atoms with van der Waals surface area (Å²) < 4.78 is 11.1. The number of amides is 3. The standard InChI is InChI=1S/C27H28N4O7/c1-3-21(32)28-11-22(33)29-12-23(34)38-27(4-2)18-10-20-24-16(9-15-7-5-6-8-19(15)30-24)13-31(20)25(35)17(18)14-37-26(27)36/h5-10,17-18H,3-4,11-14H2,1-2H3,(H,28,32)(H,29,33)/t17?,18?,27-/m0/s1. The van der Waals surface area contributed by atoms with Crippen molar-refractivity contribution >= 4 is 46.3 Å². The molecule has 0 aliphatic carbocycles. The number of nitrogens with one attached hydrogen (secondary N) is 2. The largest absolute Gasteiger partial charge is 0.462 e. The molecule has 0 spiro atoms. The monoisotopic (exact) mass is 520 g/mol. The van der Waals surface area contributed by atoms with Gasteiger partial charge in [-0.25, -0.2) is 9.78 Å². The van der Waals surface area contributed by atoms with Gasteiger partial charge in [0.1, 0.15) is 13.2 Å². The number of nitrogens with zero attached hydrogens (tertiary/aromatic N) is 2. The van der Waals surface area contributed by atoms with E-state index in [4.69, 9.17) is 14.5 Å². The molecule has 198 valence electrons. The molecule has 1 fully saturated rings. The van der Waals surface area contributed by atoms with Gasteiger partial charge in [-0.05, 0) is 24.6 Å². The Morgan fingerprint density at radius 2 is 1.89 bits per heavy atom. The molecule has 3 aliphatic rings. The molecule has 0 radical (unpaired) electrons. The molecule has 1 aromatic carbocycles. The summed E-state index contributed by atoms with van der Waals surface area (Å²) in [6.45, 7) is 2.76. The number of rotatable bonds is 7. The van der Waals surface area contributed by atoms with Crippen LogP contribution in [0.5, 0.6) is 0 Å². The van der Waals surface area contributed by atoms with Crippen molar-refractivity contribution in [3.8, 4) is 0 Å². The minimum atomic E-state index is -1.74. The normalized spacial score (nSPS) is 23.5. The number of esters is 2. The average Bonchev–Trinajstić information content (AvgIpc) is 3.28. The fourth-order valence-corrected chi connectivity index (χ4v) is 5.29. The topological polar surface area (TPSA) is 144 Å². The van der Waals surface area contributed by atoms with Crippen LogP contribution in [-0.2, 0) is 40.0 Å². The van der Waals surface area contributed by atoms with Crippen molar-refractivity contribution in [1.82, 2.24) is 20.5 Å². The summed E-state index contributed by atoms with van der Waals surface area (Å²) in [5.74, 6) is -4.20. The van der Waals surface area contributed by atoms with E-state index < -0.39 is 41.8 Å². The molecule has 3 amide bonds. The number of ether oxygens (including phenoxy) is 2. The maximum atomic E-state index is 13.6. The molecule has 38 heavy (non-hydrogen) atoms. The fraction of sp³-hybridized carbons (Fsp3) is 0.407. The highest BCUT2D eigenvalue weighted by Gasteiger charge is 2.59. The summed E-state index contributed by atoms with van der Waals surface area (Å²) in [6.07, 6.45) is 2.09. The molecule has 11 nitrogen and oxygen atoms in total. The van der Waals surface area contributed by atoms with E-state index in [1.165, 1.54) is 0 Å². The van der Waals surface area contributed by atoms with Crippen molar-refractivity contribution in [2.24, 2.45) is 11.8 Å². The molecular formula is C27H28N4O7. The van der Waals surface area contributed by atoms with Gasteiger partial charge in [0.15, 0.2) is 0 Å². The average molecular weight is 521 g/mol. The molecule has 0 bridgehead atoms. The second-order valence-corrected chi connectivity index (χ2v) is 9.52. The third kappa shape index (κ3) is 4.27. The fourth-order valence-electron chi connectivity index (χ4n) is 5.29. The zero-order valence-corrected chi connectivity index (χ0v) is 21.1. The van der Waals surface area contributed by atoms with Crippen molar-refractivity contribution in [2.75, 3.05) is 19.7 Å². The van der Waals surface area contributed by atoms with Gasteiger partial charge in [0, 0.05) is 23.3 Å². The van der Waals surface area contributed by atoms with Gasteiger partial charge < -0.3 is 25.0 Å². The van der Waals surface area contributed by atoms with E-state index >= 15 is 0 Å². The number of carbonyl (C=O) groups excluding carboxylic acids is 5. The maximum Gasteiger partial charge on any atom is 0.351 e. The van der Waals surface area contributed by atoms with Crippen LogP contribution in [0.1, 0.15) is 37.9 Å². The molecule has 11 heteroatoms. The van der Waals surface area contributed by atoms with Gasteiger partial charge in [-0.2, -0.15) is 0 Å². The van der Waals surface area contributed by atoms with Gasteiger partial charge in [-0.1, -0.05) is 32.0 Å². The Bertz CT molecular complexity index is 1390. The summed E-state index contributed by atoms with van der Waals surface area (Å²) in [7, 11) is 0. The van der Waals surface area contributed by atoms with Crippen molar-refractivity contribution in [3.05, 3.63) is 47.7 Å². The van der Waals surface area contributed by atoms with E-state index in [-0.39, 0.29) is 37.8 Å². The molecule has 2 unspecified atom stereocenters. The number of pyridine rings is 1. The molecule has 2 aromatic rings. The molecule has 4 heterocycles. The summed E-state index contributed by atoms with van der Waals surface area (Å²) in [6, 6.07) is 9.67. The molecular weight excluding hydrogens is 492 g/mol. The van der Waals surface area contributed by atoms with Gasteiger partial charge in [0.05, 0.1) is 35.9 Å². The van der Waals surface area contributed by atoms with Crippen molar-refractivity contribution in [3.63, 3.8) is 0 Å². The van der Waals surface area contributed by atoms with E-state index in [0.717, 1.165) is 16.5 Å². The first-order valence-electron chi connectivity index (χ1n) is 12.6. The smallest absolute Gasteiger partial charge is 0.351 e. The Kier molecular flexibility index (Phi) is 6.60. The maximum absolute atomic E-state index is 13.6. The van der Waals surface area contributed by atoms with E-state index in [9.17, 15) is 24.0 Å². The molecule has 3 atom stereocenters. The number of fused-ring (bicyclic) bond motifs is 5. The van der Waals surface area contributed by atoms with Crippen LogP contribution >= 0.6 is 0 Å². The van der Waals surface area contributed by atoms with Crippen molar-refractivity contribution in [1.29, 1.82) is 0 Å². The lowest BCUT2D eigenvalue weighted by Crippen LogP contribution is -2.61. The highest BCUT2D eigenvalue weighted by molar-refractivity contribution is 5.98.